The summed E-state index contributed by atoms with van der Waals surface area (Å²) < 4.78 is 14.2. The molecule has 0 radical (unpaired) electrons. The van der Waals surface area contributed by atoms with Gasteiger partial charge in [-0.05, 0) is 69.4 Å². The summed E-state index contributed by atoms with van der Waals surface area (Å²) in [5.41, 5.74) is 0.653. The van der Waals surface area contributed by atoms with Crippen molar-refractivity contribution in [1.29, 1.82) is 0 Å². The summed E-state index contributed by atoms with van der Waals surface area (Å²) in [5.74, 6) is -0.196. The predicted molar refractivity (Wildman–Crippen MR) is 97.9 cm³/mol. The van der Waals surface area contributed by atoms with Crippen LogP contribution in [0.1, 0.15) is 24.0 Å². The molecular formula is C19H23BrFNO2. The van der Waals surface area contributed by atoms with Gasteiger partial charge in [0.1, 0.15) is 11.6 Å². The first-order valence-electron chi connectivity index (χ1n) is 7.89. The Bertz CT molecular complexity index is 676. The van der Waals surface area contributed by atoms with Gasteiger partial charge in [-0.1, -0.05) is 28.1 Å². The molecule has 24 heavy (non-hydrogen) atoms. The normalized spacial score (nSPS) is 13.9. The molecule has 0 aliphatic heterocycles. The van der Waals surface area contributed by atoms with E-state index < -0.39 is 5.41 Å². The minimum absolute atomic E-state index is 0.126. The van der Waals surface area contributed by atoms with Gasteiger partial charge in [0.25, 0.3) is 0 Å². The van der Waals surface area contributed by atoms with Gasteiger partial charge in [-0.2, -0.15) is 0 Å². The van der Waals surface area contributed by atoms with Crippen LogP contribution in [0.15, 0.2) is 46.9 Å². The molecule has 0 aliphatic carbocycles. The maximum Gasteiger partial charge on any atom is 0.123 e. The van der Waals surface area contributed by atoms with E-state index in [1.54, 1.807) is 24.3 Å². The molecule has 5 heteroatoms. The van der Waals surface area contributed by atoms with Crippen LogP contribution < -0.4 is 0 Å². The van der Waals surface area contributed by atoms with Crippen molar-refractivity contribution in [2.45, 2.75) is 18.3 Å². The highest BCUT2D eigenvalue weighted by atomic mass is 79.9. The molecule has 0 fully saturated rings. The fourth-order valence-electron chi connectivity index (χ4n) is 3.05. The summed E-state index contributed by atoms with van der Waals surface area (Å²) in [6.45, 7) is 0.688. The average Bonchev–Trinajstić information content (AvgIpc) is 2.55. The molecule has 0 saturated carbocycles. The van der Waals surface area contributed by atoms with Gasteiger partial charge in [-0.3, -0.25) is 0 Å². The Hall–Kier alpha value is -1.43. The van der Waals surface area contributed by atoms with Gasteiger partial charge in [0.15, 0.2) is 0 Å². The van der Waals surface area contributed by atoms with Gasteiger partial charge < -0.3 is 15.1 Å². The van der Waals surface area contributed by atoms with Crippen molar-refractivity contribution in [1.82, 2.24) is 4.90 Å². The van der Waals surface area contributed by atoms with Gasteiger partial charge >= 0.3 is 0 Å². The van der Waals surface area contributed by atoms with E-state index in [2.05, 4.69) is 20.8 Å². The Kier molecular flexibility index (Phi) is 6.38. The zero-order chi connectivity index (χ0) is 17.7. The zero-order valence-corrected chi connectivity index (χ0v) is 15.6. The topological polar surface area (TPSA) is 43.7 Å². The molecule has 1 atom stereocenters. The minimum Gasteiger partial charge on any atom is -0.508 e. The molecule has 2 aromatic rings. The summed E-state index contributed by atoms with van der Waals surface area (Å²) in [5, 5.41) is 20.7. The second kappa shape index (κ2) is 8.10. The standard InChI is InChI=1S/C19H23BrFNO2/c1-22(2)11-3-10-19(13-23,14-4-7-16(21)8-5-14)17-12-15(20)6-9-18(17)24/h4-9,12,23-24H,3,10-11,13H2,1-2H3. The first-order valence-corrected chi connectivity index (χ1v) is 8.69. The molecule has 2 rings (SSSR count). The molecule has 2 N–H and O–H groups in total. The molecule has 0 spiro atoms. The fraction of sp³-hybridized carbons (Fsp3) is 0.368. The highest BCUT2D eigenvalue weighted by Gasteiger charge is 2.36. The lowest BCUT2D eigenvalue weighted by molar-refractivity contribution is 0.201. The van der Waals surface area contributed by atoms with Crippen molar-refractivity contribution >= 4 is 15.9 Å². The van der Waals surface area contributed by atoms with Crippen LogP contribution in [0, 0.1) is 5.82 Å². The lowest BCUT2D eigenvalue weighted by Gasteiger charge is -2.34. The van der Waals surface area contributed by atoms with Crippen LogP contribution in [0.4, 0.5) is 4.39 Å². The Morgan fingerprint density at radius 3 is 2.38 bits per heavy atom. The smallest absolute Gasteiger partial charge is 0.123 e. The van der Waals surface area contributed by atoms with E-state index in [1.165, 1.54) is 12.1 Å². The monoisotopic (exact) mass is 395 g/mol. The first-order chi connectivity index (χ1) is 11.4. The maximum atomic E-state index is 13.4. The molecule has 130 valence electrons. The number of halogens is 2. The summed E-state index contributed by atoms with van der Waals surface area (Å²) in [4.78, 5) is 2.08. The molecule has 0 aliphatic rings. The highest BCUT2D eigenvalue weighted by molar-refractivity contribution is 9.10. The average molecular weight is 396 g/mol. The van der Waals surface area contributed by atoms with Gasteiger partial charge in [-0.15, -0.1) is 0 Å². The number of rotatable bonds is 7. The van der Waals surface area contributed by atoms with Crippen LogP contribution in [0.2, 0.25) is 0 Å². The van der Waals surface area contributed by atoms with Crippen LogP contribution in [0.3, 0.4) is 0 Å². The van der Waals surface area contributed by atoms with E-state index in [9.17, 15) is 14.6 Å². The minimum atomic E-state index is -0.780. The van der Waals surface area contributed by atoms with Crippen molar-refractivity contribution in [3.63, 3.8) is 0 Å². The van der Waals surface area contributed by atoms with E-state index in [0.717, 1.165) is 23.0 Å². The third kappa shape index (κ3) is 4.15. The van der Waals surface area contributed by atoms with Crippen molar-refractivity contribution in [3.05, 3.63) is 63.9 Å². The lowest BCUT2D eigenvalue weighted by Crippen LogP contribution is -2.33. The van der Waals surface area contributed by atoms with E-state index in [4.69, 9.17) is 0 Å². The van der Waals surface area contributed by atoms with Crippen LogP contribution in [0.5, 0.6) is 5.75 Å². The molecule has 0 aromatic heterocycles. The molecular weight excluding hydrogens is 373 g/mol. The number of benzene rings is 2. The summed E-state index contributed by atoms with van der Waals surface area (Å²) >= 11 is 3.43. The Morgan fingerprint density at radius 2 is 1.79 bits per heavy atom. The van der Waals surface area contributed by atoms with E-state index >= 15 is 0 Å². The molecule has 3 nitrogen and oxygen atoms in total. The lowest BCUT2D eigenvalue weighted by atomic mass is 9.71. The van der Waals surface area contributed by atoms with Gasteiger partial charge in [0.2, 0.25) is 0 Å². The fourth-order valence-corrected chi connectivity index (χ4v) is 3.41. The predicted octanol–water partition coefficient (Wildman–Crippen LogP) is 3.91. The van der Waals surface area contributed by atoms with Crippen molar-refractivity contribution < 1.29 is 14.6 Å². The van der Waals surface area contributed by atoms with E-state index in [1.807, 2.05) is 20.2 Å². The third-order valence-electron chi connectivity index (χ3n) is 4.35. The van der Waals surface area contributed by atoms with E-state index in [-0.39, 0.29) is 18.2 Å². The van der Waals surface area contributed by atoms with Crippen LogP contribution >= 0.6 is 15.9 Å². The van der Waals surface area contributed by atoms with E-state index in [0.29, 0.717) is 12.0 Å². The molecule has 2 aromatic carbocycles. The van der Waals surface area contributed by atoms with Gasteiger partial charge in [0.05, 0.1) is 6.61 Å². The quantitative estimate of drug-likeness (QED) is 0.746. The maximum absolute atomic E-state index is 13.4. The Morgan fingerprint density at radius 1 is 1.12 bits per heavy atom. The van der Waals surface area contributed by atoms with Gasteiger partial charge in [0, 0.05) is 15.5 Å². The third-order valence-corrected chi connectivity index (χ3v) is 4.84. The second-order valence-electron chi connectivity index (χ2n) is 6.32. The number of aliphatic hydroxyl groups excluding tert-OH is 1. The van der Waals surface area contributed by atoms with Gasteiger partial charge in [-0.25, -0.2) is 4.39 Å². The Labute approximate surface area is 150 Å². The number of aliphatic hydroxyl groups is 1. The molecule has 0 bridgehead atoms. The second-order valence-corrected chi connectivity index (χ2v) is 7.23. The largest absolute Gasteiger partial charge is 0.508 e. The number of nitrogens with zero attached hydrogens (tertiary/aromatic N) is 1. The number of aromatic hydroxyl groups is 1. The van der Waals surface area contributed by atoms with Crippen molar-refractivity contribution in [3.8, 4) is 5.75 Å². The van der Waals surface area contributed by atoms with Crippen LogP contribution in [-0.2, 0) is 5.41 Å². The highest BCUT2D eigenvalue weighted by Crippen LogP contribution is 2.42. The number of phenolic OH excluding ortho intramolecular Hbond substituents is 1. The summed E-state index contributed by atoms with van der Waals surface area (Å²) in [7, 11) is 3.99. The molecule has 0 saturated heterocycles. The number of hydrogen-bond acceptors (Lipinski definition) is 3. The zero-order valence-electron chi connectivity index (χ0n) is 14.0. The van der Waals surface area contributed by atoms with Crippen molar-refractivity contribution in [2.24, 2.45) is 0 Å². The first kappa shape index (κ1) is 18.9. The molecule has 0 heterocycles. The number of phenols is 1. The summed E-state index contributed by atoms with van der Waals surface area (Å²) in [6.07, 6.45) is 1.47. The number of hydrogen-bond donors (Lipinski definition) is 2. The Balaban J connectivity index is 2.53. The molecule has 0 amide bonds. The summed E-state index contributed by atoms with van der Waals surface area (Å²) in [6, 6.07) is 11.3. The van der Waals surface area contributed by atoms with Crippen LogP contribution in [0.25, 0.3) is 0 Å². The van der Waals surface area contributed by atoms with Crippen LogP contribution in [-0.4, -0.2) is 42.4 Å². The van der Waals surface area contributed by atoms with Crippen molar-refractivity contribution in [2.75, 3.05) is 27.2 Å². The SMILES string of the molecule is CN(C)CCCC(CO)(c1ccc(F)cc1)c1cc(Br)ccc1O. The molecule has 1 unspecified atom stereocenters.